The van der Waals surface area contributed by atoms with Gasteiger partial charge in [0.2, 0.25) is 5.91 Å². The van der Waals surface area contributed by atoms with E-state index in [1.165, 1.54) is 16.5 Å². The molecule has 1 aliphatic heterocycles. The van der Waals surface area contributed by atoms with Gasteiger partial charge in [-0.05, 0) is 23.8 Å². The molecule has 4 rings (SSSR count). The van der Waals surface area contributed by atoms with Crippen LogP contribution in [0.1, 0.15) is 12.0 Å². The number of amides is 1. The van der Waals surface area contributed by atoms with E-state index in [9.17, 15) is 4.79 Å². The smallest absolute Gasteiger partial charge is 0.224 e. The molecule has 0 bridgehead atoms. The van der Waals surface area contributed by atoms with Gasteiger partial charge in [-0.1, -0.05) is 36.4 Å². The molecule has 0 N–H and O–H groups in total. The van der Waals surface area contributed by atoms with E-state index < -0.39 is 0 Å². The summed E-state index contributed by atoms with van der Waals surface area (Å²) in [5.41, 5.74) is 2.58. The Morgan fingerprint density at radius 2 is 1.75 bits per heavy atom. The molecule has 1 fully saturated rings. The molecule has 28 heavy (non-hydrogen) atoms. The molecule has 146 valence electrons. The van der Waals surface area contributed by atoms with Gasteiger partial charge >= 0.3 is 0 Å². The number of hydrogen-bond donors (Lipinski definition) is 0. The maximum Gasteiger partial charge on any atom is 0.224 e. The minimum absolute atomic E-state index is 0.220. The quantitative estimate of drug-likeness (QED) is 0.662. The number of aryl methyl sites for hydroxylation is 1. The van der Waals surface area contributed by atoms with Crippen LogP contribution < -0.4 is 4.74 Å². The summed E-state index contributed by atoms with van der Waals surface area (Å²) in [6.45, 7) is 4.48. The summed E-state index contributed by atoms with van der Waals surface area (Å²) in [6.07, 6.45) is 2.78. The molecule has 0 saturated carbocycles. The van der Waals surface area contributed by atoms with Crippen molar-refractivity contribution in [3.05, 3.63) is 66.4 Å². The average Bonchev–Trinajstić information content (AvgIpc) is 2.93. The van der Waals surface area contributed by atoms with Crippen molar-refractivity contribution in [2.24, 2.45) is 7.05 Å². The fourth-order valence-electron chi connectivity index (χ4n) is 3.89. The highest BCUT2D eigenvalue weighted by molar-refractivity contribution is 5.83. The first-order chi connectivity index (χ1) is 13.7. The topological polar surface area (TPSA) is 37.7 Å². The van der Waals surface area contributed by atoms with E-state index in [4.69, 9.17) is 4.74 Å². The van der Waals surface area contributed by atoms with Gasteiger partial charge in [-0.2, -0.15) is 0 Å². The summed E-state index contributed by atoms with van der Waals surface area (Å²) >= 11 is 0. The maximum atomic E-state index is 12.5. The average molecular weight is 377 g/mol. The first-order valence-electron chi connectivity index (χ1n) is 9.91. The molecule has 5 nitrogen and oxygen atoms in total. The van der Waals surface area contributed by atoms with Crippen LogP contribution in [0.2, 0.25) is 0 Å². The van der Waals surface area contributed by atoms with E-state index in [0.717, 1.165) is 31.9 Å². The van der Waals surface area contributed by atoms with E-state index in [0.29, 0.717) is 19.6 Å². The van der Waals surface area contributed by atoms with Gasteiger partial charge in [-0.25, -0.2) is 0 Å². The Morgan fingerprint density at radius 1 is 0.964 bits per heavy atom. The van der Waals surface area contributed by atoms with Gasteiger partial charge in [0.25, 0.3) is 0 Å². The number of fused-ring (bicyclic) bond motifs is 1. The Hall–Kier alpha value is -2.79. The molecular formula is C23H27N3O2. The molecule has 0 unspecified atom stereocenters. The van der Waals surface area contributed by atoms with Gasteiger partial charge in [0, 0.05) is 56.7 Å². The lowest BCUT2D eigenvalue weighted by Gasteiger charge is -2.22. The summed E-state index contributed by atoms with van der Waals surface area (Å²) in [4.78, 5) is 16.8. The van der Waals surface area contributed by atoms with Crippen molar-refractivity contribution < 1.29 is 9.53 Å². The Balaban J connectivity index is 1.34. The molecule has 5 heteroatoms. The molecule has 0 atom stereocenters. The standard InChI is InChI=1S/C23H27N3O2/c1-24-17-19(21-9-5-6-10-22(21)24)18-25-12-11-23(27)26(14-13-25)15-16-28-20-7-3-2-4-8-20/h2-10,17H,11-16,18H2,1H3. The fourth-order valence-corrected chi connectivity index (χ4v) is 3.89. The van der Waals surface area contributed by atoms with Crippen molar-refractivity contribution in [3.63, 3.8) is 0 Å². The van der Waals surface area contributed by atoms with Crippen LogP contribution in [0.3, 0.4) is 0 Å². The highest BCUT2D eigenvalue weighted by Gasteiger charge is 2.21. The number of rotatable bonds is 6. The van der Waals surface area contributed by atoms with E-state index in [2.05, 4.69) is 47.0 Å². The van der Waals surface area contributed by atoms with E-state index in [1.807, 2.05) is 35.2 Å². The number of para-hydroxylation sites is 2. The number of carbonyl (C=O) groups is 1. The number of hydrogen-bond acceptors (Lipinski definition) is 3. The van der Waals surface area contributed by atoms with Crippen molar-refractivity contribution in [2.45, 2.75) is 13.0 Å². The van der Waals surface area contributed by atoms with Crippen molar-refractivity contribution in [3.8, 4) is 5.75 Å². The second kappa shape index (κ2) is 8.48. The third kappa shape index (κ3) is 4.20. The predicted octanol–water partition coefficient (Wildman–Crippen LogP) is 3.29. The molecule has 1 saturated heterocycles. The third-order valence-electron chi connectivity index (χ3n) is 5.43. The highest BCUT2D eigenvalue weighted by atomic mass is 16.5. The Kier molecular flexibility index (Phi) is 5.63. The third-order valence-corrected chi connectivity index (χ3v) is 5.43. The molecule has 0 spiro atoms. The molecule has 1 aliphatic rings. The minimum atomic E-state index is 0.220. The normalized spacial score (nSPS) is 15.8. The van der Waals surface area contributed by atoms with E-state index >= 15 is 0 Å². The van der Waals surface area contributed by atoms with Crippen molar-refractivity contribution in [1.82, 2.24) is 14.4 Å². The molecule has 3 aromatic rings. The first kappa shape index (κ1) is 18.6. The largest absolute Gasteiger partial charge is 0.492 e. The summed E-state index contributed by atoms with van der Waals surface area (Å²) in [5, 5.41) is 1.30. The number of ether oxygens (including phenoxy) is 1. The van der Waals surface area contributed by atoms with Crippen LogP contribution >= 0.6 is 0 Å². The zero-order valence-electron chi connectivity index (χ0n) is 16.4. The first-order valence-corrected chi connectivity index (χ1v) is 9.91. The van der Waals surface area contributed by atoms with Gasteiger partial charge in [-0.3, -0.25) is 9.69 Å². The van der Waals surface area contributed by atoms with Crippen LogP contribution in [-0.2, 0) is 18.4 Å². The van der Waals surface area contributed by atoms with E-state index in [1.54, 1.807) is 0 Å². The molecule has 1 amide bonds. The van der Waals surface area contributed by atoms with E-state index in [-0.39, 0.29) is 5.91 Å². The SMILES string of the molecule is Cn1cc(CN2CCC(=O)N(CCOc3ccccc3)CC2)c2ccccc21. The monoisotopic (exact) mass is 377 g/mol. The maximum absolute atomic E-state index is 12.5. The van der Waals surface area contributed by atoms with Crippen LogP contribution in [0.25, 0.3) is 10.9 Å². The summed E-state index contributed by atoms with van der Waals surface area (Å²) in [5.74, 6) is 1.07. The van der Waals surface area contributed by atoms with Gasteiger partial charge in [0.15, 0.2) is 0 Å². The number of carbonyl (C=O) groups excluding carboxylic acids is 1. The summed E-state index contributed by atoms with van der Waals surface area (Å²) in [6, 6.07) is 18.3. The zero-order valence-corrected chi connectivity index (χ0v) is 16.4. The molecule has 1 aromatic heterocycles. The molecule has 0 radical (unpaired) electrons. The second-order valence-electron chi connectivity index (χ2n) is 7.35. The zero-order chi connectivity index (χ0) is 19.3. The number of benzene rings is 2. The lowest BCUT2D eigenvalue weighted by Crippen LogP contribution is -2.36. The lowest BCUT2D eigenvalue weighted by molar-refractivity contribution is -0.130. The molecular weight excluding hydrogens is 350 g/mol. The van der Waals surface area contributed by atoms with Gasteiger partial charge in [0.05, 0.1) is 6.54 Å². The lowest BCUT2D eigenvalue weighted by atomic mass is 10.1. The van der Waals surface area contributed by atoms with Crippen molar-refractivity contribution in [2.75, 3.05) is 32.8 Å². The van der Waals surface area contributed by atoms with Crippen LogP contribution in [0.4, 0.5) is 0 Å². The minimum Gasteiger partial charge on any atom is -0.492 e. The molecule has 0 aliphatic carbocycles. The van der Waals surface area contributed by atoms with Crippen LogP contribution in [0.15, 0.2) is 60.8 Å². The Morgan fingerprint density at radius 3 is 2.61 bits per heavy atom. The van der Waals surface area contributed by atoms with Gasteiger partial charge < -0.3 is 14.2 Å². The Bertz CT molecular complexity index is 935. The number of nitrogens with zero attached hydrogens (tertiary/aromatic N) is 3. The van der Waals surface area contributed by atoms with Crippen LogP contribution in [-0.4, -0.2) is 53.1 Å². The molecule has 2 aromatic carbocycles. The fraction of sp³-hybridized carbons (Fsp3) is 0.348. The van der Waals surface area contributed by atoms with Crippen molar-refractivity contribution in [1.29, 1.82) is 0 Å². The summed E-state index contributed by atoms with van der Waals surface area (Å²) < 4.78 is 7.94. The van der Waals surface area contributed by atoms with Crippen LogP contribution in [0, 0.1) is 0 Å². The van der Waals surface area contributed by atoms with Gasteiger partial charge in [-0.15, -0.1) is 0 Å². The molecule has 2 heterocycles. The van der Waals surface area contributed by atoms with Gasteiger partial charge in [0.1, 0.15) is 12.4 Å². The number of aromatic nitrogens is 1. The second-order valence-corrected chi connectivity index (χ2v) is 7.35. The summed E-state index contributed by atoms with van der Waals surface area (Å²) in [7, 11) is 2.09. The highest BCUT2D eigenvalue weighted by Crippen LogP contribution is 2.22. The van der Waals surface area contributed by atoms with Crippen molar-refractivity contribution >= 4 is 16.8 Å². The predicted molar refractivity (Wildman–Crippen MR) is 111 cm³/mol. The Labute approximate surface area is 166 Å². The van der Waals surface area contributed by atoms with Crippen LogP contribution in [0.5, 0.6) is 5.75 Å².